The molecule has 180 valence electrons. The van der Waals surface area contributed by atoms with Gasteiger partial charge in [-0.25, -0.2) is 4.98 Å². The van der Waals surface area contributed by atoms with Gasteiger partial charge in [0.25, 0.3) is 0 Å². The summed E-state index contributed by atoms with van der Waals surface area (Å²) in [4.78, 5) is 20.8. The summed E-state index contributed by atoms with van der Waals surface area (Å²) in [5.74, 6) is 0.763. The summed E-state index contributed by atoms with van der Waals surface area (Å²) in [6.45, 7) is 6.86. The minimum atomic E-state index is -0.114. The van der Waals surface area contributed by atoms with Crippen molar-refractivity contribution in [1.29, 1.82) is 0 Å². The van der Waals surface area contributed by atoms with Crippen molar-refractivity contribution >= 4 is 34.8 Å². The highest BCUT2D eigenvalue weighted by molar-refractivity contribution is 5.96. The monoisotopic (exact) mass is 467 g/mol. The van der Waals surface area contributed by atoms with Crippen LogP contribution >= 0.6 is 0 Å². The van der Waals surface area contributed by atoms with Gasteiger partial charge >= 0.3 is 0 Å². The number of carbonyl (C=O) groups is 1. The van der Waals surface area contributed by atoms with Crippen molar-refractivity contribution in [3.05, 3.63) is 95.3 Å². The zero-order valence-corrected chi connectivity index (χ0v) is 20.9. The normalized spacial score (nSPS) is 12.3. The van der Waals surface area contributed by atoms with E-state index in [0.717, 1.165) is 45.7 Å². The van der Waals surface area contributed by atoms with Gasteiger partial charge < -0.3 is 14.2 Å². The van der Waals surface area contributed by atoms with Gasteiger partial charge in [-0.2, -0.15) is 0 Å². The fourth-order valence-corrected chi connectivity index (χ4v) is 4.59. The summed E-state index contributed by atoms with van der Waals surface area (Å²) < 4.78 is 7.47. The van der Waals surface area contributed by atoms with E-state index in [2.05, 4.69) is 32.0 Å². The molecule has 5 nitrogen and oxygen atoms in total. The number of aryl methyl sites for hydroxylation is 2. The summed E-state index contributed by atoms with van der Waals surface area (Å²) in [6, 6.07) is 24.2. The molecule has 1 amide bonds. The maximum absolute atomic E-state index is 14.0. The lowest BCUT2D eigenvalue weighted by Crippen LogP contribution is -2.44. The Balaban J connectivity index is 1.76. The quantitative estimate of drug-likeness (QED) is 0.297. The van der Waals surface area contributed by atoms with Crippen LogP contribution in [-0.2, 0) is 22.5 Å². The van der Waals surface area contributed by atoms with E-state index in [4.69, 9.17) is 9.72 Å². The second kappa shape index (κ2) is 11.2. The Morgan fingerprint density at radius 1 is 1.03 bits per heavy atom. The van der Waals surface area contributed by atoms with Crippen LogP contribution in [0.5, 0.6) is 0 Å². The van der Waals surface area contributed by atoms with Crippen molar-refractivity contribution in [2.24, 2.45) is 0 Å². The Morgan fingerprint density at radius 3 is 2.51 bits per heavy atom. The van der Waals surface area contributed by atoms with E-state index in [1.807, 2.05) is 83.1 Å². The lowest BCUT2D eigenvalue weighted by atomic mass is 10.0. The molecule has 4 aromatic rings. The van der Waals surface area contributed by atoms with Gasteiger partial charge in [0.15, 0.2) is 0 Å². The molecule has 5 heteroatoms. The molecule has 0 aliphatic heterocycles. The number of rotatable bonds is 9. The van der Waals surface area contributed by atoms with Crippen LogP contribution in [-0.4, -0.2) is 35.2 Å². The number of para-hydroxylation sites is 3. The van der Waals surface area contributed by atoms with Crippen LogP contribution in [0.3, 0.4) is 0 Å². The largest absolute Gasteiger partial charge is 0.383 e. The predicted octanol–water partition coefficient (Wildman–Crippen LogP) is 6.15. The second-order valence-corrected chi connectivity index (χ2v) is 8.79. The number of fused-ring (bicyclic) bond motifs is 1. The van der Waals surface area contributed by atoms with Crippen LogP contribution in [0.1, 0.15) is 36.4 Å². The molecular formula is C30H33N3O2. The van der Waals surface area contributed by atoms with Crippen molar-refractivity contribution < 1.29 is 9.53 Å². The van der Waals surface area contributed by atoms with Crippen LogP contribution in [0.15, 0.2) is 72.8 Å². The Morgan fingerprint density at radius 2 is 1.77 bits per heavy atom. The molecule has 35 heavy (non-hydrogen) atoms. The molecule has 0 fully saturated rings. The minimum Gasteiger partial charge on any atom is -0.383 e. The zero-order valence-electron chi connectivity index (χ0n) is 20.9. The molecular weight excluding hydrogens is 434 g/mol. The topological polar surface area (TPSA) is 47.4 Å². The summed E-state index contributed by atoms with van der Waals surface area (Å²) in [5.41, 5.74) is 6.11. The van der Waals surface area contributed by atoms with Crippen molar-refractivity contribution in [2.45, 2.75) is 39.8 Å². The van der Waals surface area contributed by atoms with Gasteiger partial charge in [-0.15, -0.1) is 0 Å². The molecule has 0 saturated heterocycles. The van der Waals surface area contributed by atoms with E-state index in [-0.39, 0.29) is 18.5 Å². The molecule has 0 bridgehead atoms. The lowest BCUT2D eigenvalue weighted by molar-refractivity contribution is -0.119. The fourth-order valence-electron chi connectivity index (χ4n) is 4.59. The third-order valence-corrected chi connectivity index (χ3v) is 6.26. The maximum atomic E-state index is 14.0. The number of methoxy groups -OCH3 is 1. The van der Waals surface area contributed by atoms with Gasteiger partial charge in [0, 0.05) is 7.11 Å². The summed E-state index contributed by atoms with van der Waals surface area (Å²) in [7, 11) is 1.67. The molecule has 0 N–H and O–H groups in total. The molecule has 0 spiro atoms. The van der Waals surface area contributed by atoms with E-state index in [1.165, 1.54) is 0 Å². The smallest absolute Gasteiger partial charge is 0.247 e. The number of amides is 1. The Kier molecular flexibility index (Phi) is 7.78. The average Bonchev–Trinajstić information content (AvgIpc) is 3.22. The van der Waals surface area contributed by atoms with Gasteiger partial charge in [0.2, 0.25) is 5.91 Å². The number of nitrogens with zero attached hydrogens (tertiary/aromatic N) is 3. The number of hydrogen-bond acceptors (Lipinski definition) is 3. The molecule has 1 unspecified atom stereocenters. The summed E-state index contributed by atoms with van der Waals surface area (Å²) in [5, 5.41) is 0. The van der Waals surface area contributed by atoms with Gasteiger partial charge in [0.1, 0.15) is 12.4 Å². The average molecular weight is 468 g/mol. The number of aromatic nitrogens is 2. The van der Waals surface area contributed by atoms with E-state index in [1.54, 1.807) is 7.11 Å². The van der Waals surface area contributed by atoms with Crippen molar-refractivity contribution in [2.75, 3.05) is 18.6 Å². The van der Waals surface area contributed by atoms with Crippen molar-refractivity contribution in [1.82, 2.24) is 9.55 Å². The van der Waals surface area contributed by atoms with Gasteiger partial charge in [-0.3, -0.25) is 4.79 Å². The van der Waals surface area contributed by atoms with E-state index < -0.39 is 0 Å². The van der Waals surface area contributed by atoms with E-state index >= 15 is 0 Å². The number of imidazole rings is 1. The fraction of sp³-hybridized carbons (Fsp3) is 0.267. The van der Waals surface area contributed by atoms with Gasteiger partial charge in [0.05, 0.1) is 29.4 Å². The second-order valence-electron chi connectivity index (χ2n) is 8.79. The molecule has 3 aromatic carbocycles. The lowest BCUT2D eigenvalue weighted by Gasteiger charge is -2.32. The SMILES string of the molecule is CCc1cccc(C)c1N(C(=O)Cn1c(C=Cc2ccccc2)nc2ccccc21)C(C)COC. The number of anilines is 1. The van der Waals surface area contributed by atoms with Crippen LogP contribution in [0, 0.1) is 6.92 Å². The standard InChI is InChI=1S/C30H33N3O2/c1-5-25-15-11-12-22(2)30(25)33(23(3)21-35-4)29(34)20-32-27-17-10-9-16-26(27)31-28(32)19-18-24-13-7-6-8-14-24/h6-19,23H,5,20-21H2,1-4H3. The molecule has 0 saturated carbocycles. The van der Waals surface area contributed by atoms with E-state index in [0.29, 0.717) is 6.61 Å². The molecule has 0 aliphatic rings. The predicted molar refractivity (Wildman–Crippen MR) is 144 cm³/mol. The highest BCUT2D eigenvalue weighted by Gasteiger charge is 2.26. The first-order chi connectivity index (χ1) is 17.0. The highest BCUT2D eigenvalue weighted by Crippen LogP contribution is 2.29. The summed E-state index contributed by atoms with van der Waals surface area (Å²) >= 11 is 0. The zero-order chi connectivity index (χ0) is 24.8. The van der Waals surface area contributed by atoms with Gasteiger partial charge in [-0.05, 0) is 55.2 Å². The Hall–Kier alpha value is -3.70. The molecule has 0 radical (unpaired) electrons. The molecule has 1 atom stereocenters. The number of ether oxygens (including phenoxy) is 1. The molecule has 1 aromatic heterocycles. The Labute approximate surface area is 207 Å². The minimum absolute atomic E-state index is 0.0102. The van der Waals surface area contributed by atoms with E-state index in [9.17, 15) is 4.79 Å². The molecule has 0 aliphatic carbocycles. The van der Waals surface area contributed by atoms with Crippen LogP contribution in [0.25, 0.3) is 23.2 Å². The van der Waals surface area contributed by atoms with Crippen molar-refractivity contribution in [3.8, 4) is 0 Å². The maximum Gasteiger partial charge on any atom is 0.247 e. The third kappa shape index (κ3) is 5.36. The third-order valence-electron chi connectivity index (χ3n) is 6.26. The van der Waals surface area contributed by atoms with Crippen LogP contribution in [0.2, 0.25) is 0 Å². The number of benzene rings is 3. The number of hydrogen-bond donors (Lipinski definition) is 0. The first kappa shape index (κ1) is 24.4. The van der Waals surface area contributed by atoms with Gasteiger partial charge in [-0.1, -0.05) is 73.7 Å². The summed E-state index contributed by atoms with van der Waals surface area (Å²) in [6.07, 6.45) is 4.86. The first-order valence-electron chi connectivity index (χ1n) is 12.1. The highest BCUT2D eigenvalue weighted by atomic mass is 16.5. The van der Waals surface area contributed by atoms with Crippen LogP contribution < -0.4 is 4.90 Å². The molecule has 1 heterocycles. The van der Waals surface area contributed by atoms with Crippen molar-refractivity contribution in [3.63, 3.8) is 0 Å². The van der Waals surface area contributed by atoms with Crippen LogP contribution in [0.4, 0.5) is 5.69 Å². The molecule has 4 rings (SSSR count). The first-order valence-corrected chi connectivity index (χ1v) is 12.1. The Bertz CT molecular complexity index is 1320. The number of carbonyl (C=O) groups excluding carboxylic acids is 1.